The van der Waals surface area contributed by atoms with Gasteiger partial charge in [0, 0.05) is 62.2 Å². The summed E-state index contributed by atoms with van der Waals surface area (Å²) in [6.07, 6.45) is 10.9. The van der Waals surface area contributed by atoms with E-state index in [9.17, 15) is 9.18 Å². The van der Waals surface area contributed by atoms with Crippen molar-refractivity contribution in [3.63, 3.8) is 0 Å². The normalized spacial score (nSPS) is 34.1. The number of aliphatic imine (C=N–C) groups is 2. The summed E-state index contributed by atoms with van der Waals surface area (Å²) in [5.41, 5.74) is 2.33. The van der Waals surface area contributed by atoms with Crippen LogP contribution in [0.2, 0.25) is 0 Å². The Labute approximate surface area is 199 Å². The molecule has 176 valence electrons. The van der Waals surface area contributed by atoms with E-state index in [-0.39, 0.29) is 17.9 Å². The van der Waals surface area contributed by atoms with E-state index >= 15 is 0 Å². The quantitative estimate of drug-likeness (QED) is 0.681. The summed E-state index contributed by atoms with van der Waals surface area (Å²) in [5.74, 6) is 1.30. The smallest absolute Gasteiger partial charge is 0.232 e. The van der Waals surface area contributed by atoms with Crippen LogP contribution in [0.4, 0.5) is 4.39 Å². The SMILES string of the molecule is CC1=NC(N2C[C@H]3CN(C(=O)C4C(c5ccccn5)=CN5C=CC=CC45)C[C@H]3C2)=NC(C)C1F. The zero-order valence-corrected chi connectivity index (χ0v) is 19.5. The third kappa shape index (κ3) is 3.47. The predicted octanol–water partition coefficient (Wildman–Crippen LogP) is 2.75. The maximum absolute atomic E-state index is 14.1. The largest absolute Gasteiger partial charge is 0.346 e. The van der Waals surface area contributed by atoms with Crippen LogP contribution in [-0.2, 0) is 4.79 Å². The second-order valence-electron chi connectivity index (χ2n) is 9.93. The van der Waals surface area contributed by atoms with Gasteiger partial charge in [-0.3, -0.25) is 9.78 Å². The van der Waals surface area contributed by atoms with Crippen molar-refractivity contribution in [2.24, 2.45) is 27.7 Å². The third-order valence-electron chi connectivity index (χ3n) is 7.71. The molecule has 2 fully saturated rings. The summed E-state index contributed by atoms with van der Waals surface area (Å²) in [4.78, 5) is 33.7. The number of halogens is 1. The number of carbonyl (C=O) groups excluding carboxylic acids is 1. The Morgan fingerprint density at radius 3 is 2.62 bits per heavy atom. The summed E-state index contributed by atoms with van der Waals surface area (Å²) in [6.45, 7) is 6.61. The van der Waals surface area contributed by atoms with Gasteiger partial charge >= 0.3 is 0 Å². The minimum atomic E-state index is -1.10. The summed E-state index contributed by atoms with van der Waals surface area (Å²) in [5, 5.41) is 0. The van der Waals surface area contributed by atoms with Crippen LogP contribution in [0.25, 0.3) is 5.57 Å². The fourth-order valence-electron chi connectivity index (χ4n) is 5.93. The average molecular weight is 461 g/mol. The van der Waals surface area contributed by atoms with Gasteiger partial charge in [0.15, 0.2) is 6.17 Å². The van der Waals surface area contributed by atoms with Gasteiger partial charge in [0.25, 0.3) is 0 Å². The standard InChI is InChI=1S/C26H29FN6O/c1-16-24(27)17(2)30-26(29-16)33-13-18-11-32(12-19(18)14-33)25(34)23-20(21-7-3-5-9-28-21)15-31-10-6-4-8-22(23)31/h3-10,15-16,18-19,22-24H,11-14H2,1-2H3/t16?,18-,19+,22?,23?,24?. The van der Waals surface area contributed by atoms with Crippen molar-refractivity contribution in [2.45, 2.75) is 32.1 Å². The molecule has 4 unspecified atom stereocenters. The monoisotopic (exact) mass is 460 g/mol. The molecule has 34 heavy (non-hydrogen) atoms. The highest BCUT2D eigenvalue weighted by Gasteiger charge is 2.47. The molecule has 0 radical (unpaired) electrons. The van der Waals surface area contributed by atoms with Crippen LogP contribution in [0, 0.1) is 17.8 Å². The first-order chi connectivity index (χ1) is 16.5. The number of pyridine rings is 1. The number of guanidine groups is 1. The molecule has 0 N–H and O–H groups in total. The molecule has 8 heteroatoms. The van der Waals surface area contributed by atoms with E-state index in [0.717, 1.165) is 37.4 Å². The van der Waals surface area contributed by atoms with Crippen molar-refractivity contribution < 1.29 is 9.18 Å². The number of allylic oxidation sites excluding steroid dienone is 2. The lowest BCUT2D eigenvalue weighted by atomic mass is 9.90. The Hall–Kier alpha value is -3.29. The van der Waals surface area contributed by atoms with E-state index in [2.05, 4.69) is 37.0 Å². The molecule has 0 saturated carbocycles. The Balaban J connectivity index is 1.18. The molecule has 0 spiro atoms. The number of alkyl halides is 1. The van der Waals surface area contributed by atoms with Gasteiger partial charge in [0.1, 0.15) is 0 Å². The third-order valence-corrected chi connectivity index (χ3v) is 7.71. The molecule has 0 bridgehead atoms. The van der Waals surface area contributed by atoms with Crippen molar-refractivity contribution in [3.05, 3.63) is 60.7 Å². The minimum absolute atomic E-state index is 0.0181. The van der Waals surface area contributed by atoms with E-state index in [1.54, 1.807) is 20.0 Å². The summed E-state index contributed by atoms with van der Waals surface area (Å²) < 4.78 is 14.1. The van der Waals surface area contributed by atoms with Gasteiger partial charge in [-0.05, 0) is 32.1 Å². The Morgan fingerprint density at radius 2 is 1.91 bits per heavy atom. The summed E-state index contributed by atoms with van der Waals surface area (Å²) >= 11 is 0. The molecule has 7 nitrogen and oxygen atoms in total. The predicted molar refractivity (Wildman–Crippen MR) is 130 cm³/mol. The number of amides is 1. The van der Waals surface area contributed by atoms with Crippen LogP contribution in [0.15, 0.2) is 65.0 Å². The van der Waals surface area contributed by atoms with Crippen molar-refractivity contribution in [2.75, 3.05) is 26.2 Å². The number of hydrogen-bond acceptors (Lipinski definition) is 6. The number of aromatic nitrogens is 1. The highest BCUT2D eigenvalue weighted by Crippen LogP contribution is 2.40. The van der Waals surface area contributed by atoms with E-state index in [1.165, 1.54) is 0 Å². The van der Waals surface area contributed by atoms with Crippen LogP contribution < -0.4 is 0 Å². The molecule has 6 rings (SSSR count). The lowest BCUT2D eigenvalue weighted by molar-refractivity contribution is -0.133. The first kappa shape index (κ1) is 21.3. The van der Waals surface area contributed by atoms with E-state index in [0.29, 0.717) is 23.5 Å². The molecule has 5 aliphatic rings. The number of likely N-dealkylation sites (tertiary alicyclic amines) is 2. The van der Waals surface area contributed by atoms with Gasteiger partial charge in [0.2, 0.25) is 11.9 Å². The van der Waals surface area contributed by atoms with Crippen LogP contribution in [0.1, 0.15) is 19.5 Å². The molecule has 2 saturated heterocycles. The van der Waals surface area contributed by atoms with E-state index in [4.69, 9.17) is 0 Å². The van der Waals surface area contributed by atoms with Crippen molar-refractivity contribution in [3.8, 4) is 0 Å². The number of fused-ring (bicyclic) bond motifs is 2. The van der Waals surface area contributed by atoms with Gasteiger partial charge in [-0.25, -0.2) is 14.4 Å². The lowest BCUT2D eigenvalue weighted by Crippen LogP contribution is -2.43. The zero-order valence-electron chi connectivity index (χ0n) is 19.5. The highest BCUT2D eigenvalue weighted by molar-refractivity contribution is 6.00. The van der Waals surface area contributed by atoms with Crippen LogP contribution in [0.3, 0.4) is 0 Å². The maximum atomic E-state index is 14.1. The van der Waals surface area contributed by atoms with Gasteiger partial charge in [-0.1, -0.05) is 18.2 Å². The fourth-order valence-corrected chi connectivity index (χ4v) is 5.93. The van der Waals surface area contributed by atoms with Crippen molar-refractivity contribution in [1.29, 1.82) is 0 Å². The second-order valence-corrected chi connectivity index (χ2v) is 9.93. The Bertz CT molecular complexity index is 1130. The molecule has 5 aliphatic heterocycles. The van der Waals surface area contributed by atoms with Gasteiger partial charge < -0.3 is 14.7 Å². The highest BCUT2D eigenvalue weighted by atomic mass is 19.1. The molecule has 1 aromatic heterocycles. The zero-order chi connectivity index (χ0) is 23.4. The Kier molecular flexibility index (Phi) is 5.12. The van der Waals surface area contributed by atoms with Crippen LogP contribution in [0.5, 0.6) is 0 Å². The lowest BCUT2D eigenvalue weighted by Gasteiger charge is -2.30. The number of nitrogens with zero attached hydrogens (tertiary/aromatic N) is 6. The topological polar surface area (TPSA) is 64.4 Å². The van der Waals surface area contributed by atoms with E-state index < -0.39 is 12.2 Å². The molecule has 1 amide bonds. The molecule has 6 atom stereocenters. The maximum Gasteiger partial charge on any atom is 0.232 e. The van der Waals surface area contributed by atoms with Crippen molar-refractivity contribution >= 4 is 23.2 Å². The molecule has 0 aliphatic carbocycles. The number of rotatable bonds is 2. The second kappa shape index (κ2) is 8.18. The van der Waals surface area contributed by atoms with E-state index in [1.807, 2.05) is 41.5 Å². The van der Waals surface area contributed by atoms with Crippen LogP contribution in [-0.4, -0.2) is 81.7 Å². The van der Waals surface area contributed by atoms with Gasteiger partial charge in [-0.15, -0.1) is 0 Å². The summed E-state index contributed by atoms with van der Waals surface area (Å²) in [6, 6.07) is 5.42. The molecular weight excluding hydrogens is 431 g/mol. The number of hydrogen-bond donors (Lipinski definition) is 0. The minimum Gasteiger partial charge on any atom is -0.346 e. The fraction of sp³-hybridized carbons (Fsp3) is 0.462. The first-order valence-electron chi connectivity index (χ1n) is 12.1. The molecular formula is C26H29FN6O. The van der Waals surface area contributed by atoms with Gasteiger partial charge in [0.05, 0.1) is 29.4 Å². The van der Waals surface area contributed by atoms with Gasteiger partial charge in [-0.2, -0.15) is 0 Å². The molecule has 6 heterocycles. The summed E-state index contributed by atoms with van der Waals surface area (Å²) in [7, 11) is 0. The van der Waals surface area contributed by atoms with Crippen molar-refractivity contribution in [1.82, 2.24) is 19.7 Å². The Morgan fingerprint density at radius 1 is 1.12 bits per heavy atom. The molecule has 1 aromatic rings. The van der Waals surface area contributed by atoms with Crippen LogP contribution >= 0.6 is 0 Å². The number of carbonyl (C=O) groups is 1. The first-order valence-corrected chi connectivity index (χ1v) is 12.1. The average Bonchev–Trinajstić information content (AvgIpc) is 3.54. The molecule has 0 aromatic carbocycles.